The Hall–Kier alpha value is -0.870. The molecule has 0 unspecified atom stereocenters. The first kappa shape index (κ1) is 13.6. The number of piperidine rings is 1. The molecule has 0 aliphatic carbocycles. The van der Waals surface area contributed by atoms with Gasteiger partial charge in [-0.2, -0.15) is 11.3 Å². The van der Waals surface area contributed by atoms with Crippen molar-refractivity contribution in [2.45, 2.75) is 38.7 Å². The third kappa shape index (κ3) is 3.82. The van der Waals surface area contributed by atoms with E-state index >= 15 is 0 Å². The summed E-state index contributed by atoms with van der Waals surface area (Å²) >= 11 is 1.64. The van der Waals surface area contributed by atoms with E-state index in [2.05, 4.69) is 6.92 Å². The highest BCUT2D eigenvalue weighted by Crippen LogP contribution is 2.16. The fraction of sp³-hybridized carbons (Fsp3) is 0.643. The molecule has 0 bridgehead atoms. The fourth-order valence-electron chi connectivity index (χ4n) is 2.26. The molecule has 1 amide bonds. The minimum absolute atomic E-state index is 0.234. The standard InChI is InChI=1S/C14H21NO2S/c1-2-7-17-13-4-3-6-15(10-13)14(16)9-12-5-8-18-11-12/h5,8,11,13H,2-4,6-7,9-10H2,1H3/t13-/m1/s1. The Kier molecular flexibility index (Phi) is 5.20. The summed E-state index contributed by atoms with van der Waals surface area (Å²) in [6, 6.07) is 2.03. The molecule has 18 heavy (non-hydrogen) atoms. The third-order valence-electron chi connectivity index (χ3n) is 3.22. The lowest BCUT2D eigenvalue weighted by Crippen LogP contribution is -2.43. The van der Waals surface area contributed by atoms with Gasteiger partial charge in [-0.1, -0.05) is 6.92 Å². The summed E-state index contributed by atoms with van der Waals surface area (Å²) in [6.07, 6.45) is 3.96. The molecule has 1 aliphatic heterocycles. The lowest BCUT2D eigenvalue weighted by molar-refractivity contribution is -0.134. The minimum Gasteiger partial charge on any atom is -0.376 e. The molecule has 2 rings (SSSR count). The van der Waals surface area contributed by atoms with Gasteiger partial charge in [-0.3, -0.25) is 4.79 Å². The molecule has 4 heteroatoms. The molecule has 0 N–H and O–H groups in total. The number of likely N-dealkylation sites (tertiary alicyclic amines) is 1. The van der Waals surface area contributed by atoms with Crippen LogP contribution < -0.4 is 0 Å². The van der Waals surface area contributed by atoms with Crippen LogP contribution in [0.25, 0.3) is 0 Å². The quantitative estimate of drug-likeness (QED) is 0.821. The zero-order valence-electron chi connectivity index (χ0n) is 10.9. The van der Waals surface area contributed by atoms with E-state index in [1.807, 2.05) is 21.7 Å². The van der Waals surface area contributed by atoms with Crippen LogP contribution in [0.15, 0.2) is 16.8 Å². The molecular formula is C14H21NO2S. The summed E-state index contributed by atoms with van der Waals surface area (Å²) in [5.41, 5.74) is 1.13. The van der Waals surface area contributed by atoms with Crippen LogP contribution >= 0.6 is 11.3 Å². The number of ether oxygens (including phenoxy) is 1. The predicted octanol–water partition coefficient (Wildman–Crippen LogP) is 2.71. The molecule has 1 aliphatic rings. The van der Waals surface area contributed by atoms with E-state index in [0.29, 0.717) is 6.42 Å². The zero-order valence-corrected chi connectivity index (χ0v) is 11.7. The first-order chi connectivity index (χ1) is 8.79. The second-order valence-electron chi connectivity index (χ2n) is 4.78. The van der Waals surface area contributed by atoms with Crippen LogP contribution in [-0.2, 0) is 16.0 Å². The van der Waals surface area contributed by atoms with Gasteiger partial charge < -0.3 is 9.64 Å². The Morgan fingerprint density at radius 2 is 2.50 bits per heavy atom. The van der Waals surface area contributed by atoms with Gasteiger partial charge in [0.05, 0.1) is 12.5 Å². The maximum Gasteiger partial charge on any atom is 0.227 e. The van der Waals surface area contributed by atoms with E-state index in [-0.39, 0.29) is 12.0 Å². The van der Waals surface area contributed by atoms with Crippen LogP contribution in [-0.4, -0.2) is 36.6 Å². The third-order valence-corrected chi connectivity index (χ3v) is 3.96. The summed E-state index contributed by atoms with van der Waals surface area (Å²) in [7, 11) is 0. The molecule has 0 radical (unpaired) electrons. The number of rotatable bonds is 5. The molecule has 1 atom stereocenters. The smallest absolute Gasteiger partial charge is 0.227 e. The Balaban J connectivity index is 1.82. The summed E-state index contributed by atoms with van der Waals surface area (Å²) in [4.78, 5) is 14.1. The summed E-state index contributed by atoms with van der Waals surface area (Å²) < 4.78 is 5.76. The van der Waals surface area contributed by atoms with Gasteiger partial charge >= 0.3 is 0 Å². The molecule has 0 aromatic carbocycles. The lowest BCUT2D eigenvalue weighted by Gasteiger charge is -2.32. The molecule has 100 valence electrons. The van der Waals surface area contributed by atoms with Crippen molar-refractivity contribution in [2.24, 2.45) is 0 Å². The van der Waals surface area contributed by atoms with Crippen LogP contribution in [0.2, 0.25) is 0 Å². The average Bonchev–Trinajstić information content (AvgIpc) is 2.89. The van der Waals surface area contributed by atoms with Crippen molar-refractivity contribution >= 4 is 17.2 Å². The van der Waals surface area contributed by atoms with Crippen molar-refractivity contribution < 1.29 is 9.53 Å². The van der Waals surface area contributed by atoms with Crippen LogP contribution in [0.5, 0.6) is 0 Å². The van der Waals surface area contributed by atoms with Gasteiger partial charge in [0.15, 0.2) is 0 Å². The van der Waals surface area contributed by atoms with Gasteiger partial charge in [0.2, 0.25) is 5.91 Å². The number of hydrogen-bond donors (Lipinski definition) is 0. The highest BCUT2D eigenvalue weighted by atomic mass is 32.1. The Bertz CT molecular complexity index is 364. The van der Waals surface area contributed by atoms with Crippen LogP contribution in [0.1, 0.15) is 31.7 Å². The monoisotopic (exact) mass is 267 g/mol. The van der Waals surface area contributed by atoms with Crippen molar-refractivity contribution in [1.29, 1.82) is 0 Å². The van der Waals surface area contributed by atoms with Crippen molar-refractivity contribution in [3.05, 3.63) is 22.4 Å². The van der Waals surface area contributed by atoms with Crippen molar-refractivity contribution in [1.82, 2.24) is 4.90 Å². The van der Waals surface area contributed by atoms with Crippen molar-refractivity contribution in [2.75, 3.05) is 19.7 Å². The maximum absolute atomic E-state index is 12.2. The van der Waals surface area contributed by atoms with Gasteiger partial charge in [0.1, 0.15) is 0 Å². The normalized spacial score (nSPS) is 20.1. The van der Waals surface area contributed by atoms with Crippen LogP contribution in [0, 0.1) is 0 Å². The fourth-order valence-corrected chi connectivity index (χ4v) is 2.93. The highest BCUT2D eigenvalue weighted by Gasteiger charge is 2.23. The Morgan fingerprint density at radius 1 is 1.61 bits per heavy atom. The van der Waals surface area contributed by atoms with Gasteiger partial charge in [-0.15, -0.1) is 0 Å². The summed E-state index contributed by atoms with van der Waals surface area (Å²) in [5, 5.41) is 4.07. The van der Waals surface area contributed by atoms with Gasteiger partial charge in [-0.25, -0.2) is 0 Å². The number of amides is 1. The van der Waals surface area contributed by atoms with E-state index < -0.39 is 0 Å². The lowest BCUT2D eigenvalue weighted by atomic mass is 10.1. The number of carbonyl (C=O) groups excluding carboxylic acids is 1. The second kappa shape index (κ2) is 6.90. The van der Waals surface area contributed by atoms with E-state index in [9.17, 15) is 4.79 Å². The van der Waals surface area contributed by atoms with Gasteiger partial charge in [0, 0.05) is 19.7 Å². The van der Waals surface area contributed by atoms with Gasteiger partial charge in [0.25, 0.3) is 0 Å². The molecular weight excluding hydrogens is 246 g/mol. The number of nitrogens with zero attached hydrogens (tertiary/aromatic N) is 1. The number of carbonyl (C=O) groups is 1. The SMILES string of the molecule is CCCO[C@@H]1CCCN(C(=O)Cc2ccsc2)C1. The Labute approximate surface area is 113 Å². The largest absolute Gasteiger partial charge is 0.376 e. The summed E-state index contributed by atoms with van der Waals surface area (Å²) in [6.45, 7) is 4.57. The molecule has 1 aromatic heterocycles. The minimum atomic E-state index is 0.234. The molecule has 1 saturated heterocycles. The molecule has 0 spiro atoms. The van der Waals surface area contributed by atoms with E-state index in [0.717, 1.165) is 44.5 Å². The molecule has 1 aromatic rings. The highest BCUT2D eigenvalue weighted by molar-refractivity contribution is 7.07. The summed E-state index contributed by atoms with van der Waals surface area (Å²) in [5.74, 6) is 0.234. The van der Waals surface area contributed by atoms with Crippen LogP contribution in [0.4, 0.5) is 0 Å². The molecule has 3 nitrogen and oxygen atoms in total. The topological polar surface area (TPSA) is 29.5 Å². The van der Waals surface area contributed by atoms with E-state index in [1.165, 1.54) is 0 Å². The van der Waals surface area contributed by atoms with E-state index in [4.69, 9.17) is 4.74 Å². The van der Waals surface area contributed by atoms with Crippen molar-refractivity contribution in [3.8, 4) is 0 Å². The maximum atomic E-state index is 12.2. The molecule has 2 heterocycles. The average molecular weight is 267 g/mol. The number of hydrogen-bond acceptors (Lipinski definition) is 3. The second-order valence-corrected chi connectivity index (χ2v) is 5.56. The zero-order chi connectivity index (χ0) is 12.8. The van der Waals surface area contributed by atoms with Crippen LogP contribution in [0.3, 0.4) is 0 Å². The number of thiophene rings is 1. The molecule has 0 saturated carbocycles. The van der Waals surface area contributed by atoms with E-state index in [1.54, 1.807) is 11.3 Å². The van der Waals surface area contributed by atoms with Gasteiger partial charge in [-0.05, 0) is 41.7 Å². The predicted molar refractivity (Wildman–Crippen MR) is 73.9 cm³/mol. The molecule has 1 fully saturated rings. The van der Waals surface area contributed by atoms with Crippen molar-refractivity contribution in [3.63, 3.8) is 0 Å². The first-order valence-corrected chi connectivity index (χ1v) is 7.64. The first-order valence-electron chi connectivity index (χ1n) is 6.70. The Morgan fingerprint density at radius 3 is 3.22 bits per heavy atom.